The van der Waals surface area contributed by atoms with Crippen LogP contribution in [0.5, 0.6) is 0 Å². The summed E-state index contributed by atoms with van der Waals surface area (Å²) in [6, 6.07) is 9.79. The SMILES string of the molecule is CC(CNCC1CC=CCC1)C(=O)OCc1ccccc1. The third-order valence-corrected chi connectivity index (χ3v) is 3.89. The molecule has 1 aliphatic rings. The number of esters is 1. The van der Waals surface area contributed by atoms with Crippen molar-refractivity contribution in [3.63, 3.8) is 0 Å². The molecule has 0 fully saturated rings. The summed E-state index contributed by atoms with van der Waals surface area (Å²) in [4.78, 5) is 11.9. The lowest BCUT2D eigenvalue weighted by Gasteiger charge is -2.19. The molecule has 0 aliphatic heterocycles. The highest BCUT2D eigenvalue weighted by atomic mass is 16.5. The molecule has 0 saturated heterocycles. The summed E-state index contributed by atoms with van der Waals surface area (Å²) in [6.45, 7) is 3.95. The van der Waals surface area contributed by atoms with Crippen molar-refractivity contribution < 1.29 is 9.53 Å². The third-order valence-electron chi connectivity index (χ3n) is 3.89. The molecular weight excluding hydrogens is 262 g/mol. The molecule has 0 amide bonds. The highest BCUT2D eigenvalue weighted by Crippen LogP contribution is 2.17. The lowest BCUT2D eigenvalue weighted by atomic mass is 9.94. The minimum atomic E-state index is -0.130. The Morgan fingerprint density at radius 3 is 2.86 bits per heavy atom. The number of carbonyl (C=O) groups is 1. The van der Waals surface area contributed by atoms with Crippen molar-refractivity contribution in [1.82, 2.24) is 5.32 Å². The summed E-state index contributed by atoms with van der Waals surface area (Å²) >= 11 is 0. The second-order valence-electron chi connectivity index (χ2n) is 5.80. The second kappa shape index (κ2) is 8.63. The third kappa shape index (κ3) is 5.72. The Balaban J connectivity index is 1.62. The molecule has 21 heavy (non-hydrogen) atoms. The van der Waals surface area contributed by atoms with Crippen LogP contribution in [0.25, 0.3) is 0 Å². The van der Waals surface area contributed by atoms with E-state index in [9.17, 15) is 4.79 Å². The van der Waals surface area contributed by atoms with E-state index in [1.165, 1.54) is 12.8 Å². The number of rotatable bonds is 7. The normalized spacial score (nSPS) is 19.2. The summed E-state index contributed by atoms with van der Waals surface area (Å²) in [7, 11) is 0. The maximum absolute atomic E-state index is 11.9. The second-order valence-corrected chi connectivity index (χ2v) is 5.80. The molecule has 0 aromatic heterocycles. The minimum absolute atomic E-state index is 0.104. The number of hydrogen-bond donors (Lipinski definition) is 1. The maximum atomic E-state index is 11.9. The van der Waals surface area contributed by atoms with Crippen molar-refractivity contribution in [1.29, 1.82) is 0 Å². The van der Waals surface area contributed by atoms with E-state index in [2.05, 4.69) is 17.5 Å². The van der Waals surface area contributed by atoms with Crippen LogP contribution in [-0.4, -0.2) is 19.1 Å². The van der Waals surface area contributed by atoms with E-state index in [4.69, 9.17) is 4.74 Å². The van der Waals surface area contributed by atoms with Crippen LogP contribution in [0.1, 0.15) is 31.7 Å². The van der Waals surface area contributed by atoms with E-state index in [1.807, 2.05) is 37.3 Å². The van der Waals surface area contributed by atoms with Crippen molar-refractivity contribution in [2.45, 2.75) is 32.8 Å². The van der Waals surface area contributed by atoms with Crippen LogP contribution < -0.4 is 5.32 Å². The Morgan fingerprint density at radius 1 is 1.33 bits per heavy atom. The van der Waals surface area contributed by atoms with E-state index in [-0.39, 0.29) is 11.9 Å². The molecule has 0 radical (unpaired) electrons. The first-order valence-corrected chi connectivity index (χ1v) is 7.82. The largest absolute Gasteiger partial charge is 0.461 e. The molecule has 0 saturated carbocycles. The molecule has 0 bridgehead atoms. The molecule has 114 valence electrons. The average Bonchev–Trinajstić information content (AvgIpc) is 2.54. The van der Waals surface area contributed by atoms with Crippen molar-refractivity contribution in [2.24, 2.45) is 11.8 Å². The van der Waals surface area contributed by atoms with Crippen LogP contribution in [0.15, 0.2) is 42.5 Å². The molecular formula is C18H25NO2. The summed E-state index contributed by atoms with van der Waals surface area (Å²) in [5.41, 5.74) is 1.03. The molecule has 2 rings (SSSR count). The Bertz CT molecular complexity index is 456. The summed E-state index contributed by atoms with van der Waals surface area (Å²) in [5, 5.41) is 3.40. The minimum Gasteiger partial charge on any atom is -0.461 e. The van der Waals surface area contributed by atoms with E-state index in [1.54, 1.807) is 0 Å². The molecule has 1 aliphatic carbocycles. The fourth-order valence-corrected chi connectivity index (χ4v) is 2.50. The number of ether oxygens (including phenoxy) is 1. The highest BCUT2D eigenvalue weighted by Gasteiger charge is 2.15. The standard InChI is InChI=1S/C18H25NO2/c1-15(12-19-13-16-8-4-2-5-9-16)18(20)21-14-17-10-6-3-7-11-17/h2-4,6-7,10-11,15-16,19H,5,8-9,12-14H2,1H3. The summed E-state index contributed by atoms with van der Waals surface area (Å²) < 4.78 is 5.34. The van der Waals surface area contributed by atoms with Gasteiger partial charge in [-0.2, -0.15) is 0 Å². The predicted molar refractivity (Wildman–Crippen MR) is 84.8 cm³/mol. The first kappa shape index (κ1) is 15.8. The molecule has 0 spiro atoms. The first-order valence-electron chi connectivity index (χ1n) is 7.82. The first-order chi connectivity index (χ1) is 10.3. The van der Waals surface area contributed by atoms with Crippen molar-refractivity contribution >= 4 is 5.97 Å². The number of carbonyl (C=O) groups excluding carboxylic acids is 1. The van der Waals surface area contributed by atoms with Crippen LogP contribution in [0, 0.1) is 11.8 Å². The Labute approximate surface area is 127 Å². The molecule has 2 unspecified atom stereocenters. The quantitative estimate of drug-likeness (QED) is 0.617. The van der Waals surface area contributed by atoms with Crippen LogP contribution in [-0.2, 0) is 16.1 Å². The van der Waals surface area contributed by atoms with E-state index in [0.29, 0.717) is 19.1 Å². The van der Waals surface area contributed by atoms with Gasteiger partial charge in [-0.25, -0.2) is 0 Å². The molecule has 3 nitrogen and oxygen atoms in total. The van der Waals surface area contributed by atoms with E-state index < -0.39 is 0 Å². The highest BCUT2D eigenvalue weighted by molar-refractivity contribution is 5.72. The monoisotopic (exact) mass is 287 g/mol. The number of hydrogen-bond acceptors (Lipinski definition) is 3. The van der Waals surface area contributed by atoms with Crippen molar-refractivity contribution in [2.75, 3.05) is 13.1 Å². The lowest BCUT2D eigenvalue weighted by molar-refractivity contribution is -0.149. The zero-order valence-corrected chi connectivity index (χ0v) is 12.8. The average molecular weight is 287 g/mol. The molecule has 3 heteroatoms. The maximum Gasteiger partial charge on any atom is 0.310 e. The molecule has 1 aromatic rings. The molecule has 1 aromatic carbocycles. The fraction of sp³-hybridized carbons (Fsp3) is 0.500. The van der Waals surface area contributed by atoms with Gasteiger partial charge < -0.3 is 10.1 Å². The zero-order chi connectivity index (χ0) is 14.9. The van der Waals surface area contributed by atoms with Crippen molar-refractivity contribution in [3.8, 4) is 0 Å². The predicted octanol–water partition coefficient (Wildman–Crippen LogP) is 3.31. The molecule has 1 N–H and O–H groups in total. The number of allylic oxidation sites excluding steroid dienone is 2. The van der Waals surface area contributed by atoms with Gasteiger partial charge >= 0.3 is 5.97 Å². The fourth-order valence-electron chi connectivity index (χ4n) is 2.50. The zero-order valence-electron chi connectivity index (χ0n) is 12.8. The van der Waals surface area contributed by atoms with E-state index in [0.717, 1.165) is 18.5 Å². The van der Waals surface area contributed by atoms with Crippen LogP contribution in [0.2, 0.25) is 0 Å². The van der Waals surface area contributed by atoms with Gasteiger partial charge in [-0.15, -0.1) is 0 Å². The Hall–Kier alpha value is -1.61. The molecule has 2 atom stereocenters. The lowest BCUT2D eigenvalue weighted by Crippen LogP contribution is -2.31. The van der Waals surface area contributed by atoms with Crippen LogP contribution in [0.3, 0.4) is 0 Å². The van der Waals surface area contributed by atoms with Gasteiger partial charge in [-0.1, -0.05) is 49.4 Å². The van der Waals surface area contributed by atoms with Gasteiger partial charge in [0.1, 0.15) is 6.61 Å². The van der Waals surface area contributed by atoms with E-state index >= 15 is 0 Å². The van der Waals surface area contributed by atoms with Gasteiger partial charge in [0.05, 0.1) is 5.92 Å². The Morgan fingerprint density at radius 2 is 2.14 bits per heavy atom. The van der Waals surface area contributed by atoms with Gasteiger partial charge in [0.2, 0.25) is 0 Å². The van der Waals surface area contributed by atoms with Crippen LogP contribution in [0.4, 0.5) is 0 Å². The summed E-state index contributed by atoms with van der Waals surface area (Å²) in [5.74, 6) is 0.477. The summed E-state index contributed by atoms with van der Waals surface area (Å²) in [6.07, 6.45) is 8.09. The number of benzene rings is 1. The van der Waals surface area contributed by atoms with Gasteiger partial charge in [0.15, 0.2) is 0 Å². The van der Waals surface area contributed by atoms with Gasteiger partial charge in [0, 0.05) is 6.54 Å². The van der Waals surface area contributed by atoms with Crippen LogP contribution >= 0.6 is 0 Å². The topological polar surface area (TPSA) is 38.3 Å². The Kier molecular flexibility index (Phi) is 6.48. The number of nitrogens with one attached hydrogen (secondary N) is 1. The van der Waals surface area contributed by atoms with Gasteiger partial charge in [0.25, 0.3) is 0 Å². The van der Waals surface area contributed by atoms with Gasteiger partial charge in [-0.05, 0) is 37.3 Å². The van der Waals surface area contributed by atoms with Gasteiger partial charge in [-0.3, -0.25) is 4.79 Å². The molecule has 0 heterocycles. The smallest absolute Gasteiger partial charge is 0.310 e. The van der Waals surface area contributed by atoms with Crippen molar-refractivity contribution in [3.05, 3.63) is 48.0 Å².